The maximum Gasteiger partial charge on any atom is 0.135 e. The maximum atomic E-state index is 6.14. The summed E-state index contributed by atoms with van der Waals surface area (Å²) in [6, 6.07) is 11.6. The van der Waals surface area contributed by atoms with Crippen molar-refractivity contribution in [3.8, 4) is 11.3 Å². The molecule has 4 heteroatoms. The van der Waals surface area contributed by atoms with Gasteiger partial charge in [-0.25, -0.2) is 0 Å². The molecule has 0 fully saturated rings. The van der Waals surface area contributed by atoms with Gasteiger partial charge in [0.25, 0.3) is 0 Å². The summed E-state index contributed by atoms with van der Waals surface area (Å²) in [5.41, 5.74) is 1.01. The van der Waals surface area contributed by atoms with Crippen LogP contribution in [0.3, 0.4) is 0 Å². The van der Waals surface area contributed by atoms with Crippen LogP contribution in [0, 0.1) is 0 Å². The van der Waals surface area contributed by atoms with Gasteiger partial charge in [0.2, 0.25) is 0 Å². The monoisotopic (exact) mass is 298 g/mol. The SMILES string of the molecule is CC(C)(C)NCc1ccc(-c2ccccc2Cl)o1.[Cl-]. The Bertz CT molecular complexity index is 529. The van der Waals surface area contributed by atoms with Crippen LogP contribution in [0.2, 0.25) is 5.02 Å². The van der Waals surface area contributed by atoms with E-state index < -0.39 is 0 Å². The average Bonchev–Trinajstić information content (AvgIpc) is 2.75. The number of nitrogens with one attached hydrogen (secondary N) is 1. The number of benzene rings is 1. The summed E-state index contributed by atoms with van der Waals surface area (Å²) in [6.07, 6.45) is 0. The van der Waals surface area contributed by atoms with E-state index in [-0.39, 0.29) is 17.9 Å². The molecule has 0 spiro atoms. The minimum Gasteiger partial charge on any atom is -1.00 e. The predicted octanol–water partition coefficient (Wildman–Crippen LogP) is 1.49. The molecule has 2 nitrogen and oxygen atoms in total. The lowest BCUT2D eigenvalue weighted by Crippen LogP contribution is -3.00. The standard InChI is InChI=1S/C15H18ClNO.ClH/c1-15(2,3)17-10-11-8-9-14(18-11)12-6-4-5-7-13(12)16;/h4-9,17H,10H2,1-3H3;1H/p-1. The molecular weight excluding hydrogens is 281 g/mol. The van der Waals surface area contributed by atoms with Crippen LogP contribution in [-0.2, 0) is 6.54 Å². The molecule has 0 saturated heterocycles. The zero-order valence-corrected chi connectivity index (χ0v) is 12.8. The molecule has 0 amide bonds. The highest BCUT2D eigenvalue weighted by atomic mass is 35.5. The fourth-order valence-electron chi connectivity index (χ4n) is 1.63. The molecule has 1 aromatic carbocycles. The minimum absolute atomic E-state index is 0. The van der Waals surface area contributed by atoms with Crippen LogP contribution in [0.1, 0.15) is 26.5 Å². The fraction of sp³-hybridized carbons (Fsp3) is 0.333. The number of hydrogen-bond acceptors (Lipinski definition) is 2. The van der Waals surface area contributed by atoms with Gasteiger partial charge in [-0.15, -0.1) is 0 Å². The van der Waals surface area contributed by atoms with E-state index in [0.29, 0.717) is 11.6 Å². The van der Waals surface area contributed by atoms with Crippen LogP contribution in [-0.4, -0.2) is 5.54 Å². The van der Waals surface area contributed by atoms with Gasteiger partial charge in [-0.05, 0) is 45.0 Å². The molecule has 0 aliphatic carbocycles. The summed E-state index contributed by atoms with van der Waals surface area (Å²) in [6.45, 7) is 7.11. The Morgan fingerprint density at radius 1 is 1.11 bits per heavy atom. The molecule has 0 aliphatic rings. The summed E-state index contributed by atoms with van der Waals surface area (Å²) >= 11 is 6.14. The van der Waals surface area contributed by atoms with E-state index in [1.165, 1.54) is 0 Å². The van der Waals surface area contributed by atoms with Crippen molar-refractivity contribution < 1.29 is 16.8 Å². The smallest absolute Gasteiger partial charge is 0.135 e. The van der Waals surface area contributed by atoms with Crippen LogP contribution in [0.15, 0.2) is 40.8 Å². The Balaban J connectivity index is 0.00000180. The maximum absolute atomic E-state index is 6.14. The molecule has 0 atom stereocenters. The van der Waals surface area contributed by atoms with Gasteiger partial charge >= 0.3 is 0 Å². The van der Waals surface area contributed by atoms with Gasteiger partial charge in [0.05, 0.1) is 11.6 Å². The molecule has 2 rings (SSSR count). The van der Waals surface area contributed by atoms with Crippen molar-refractivity contribution in [1.29, 1.82) is 0 Å². The minimum atomic E-state index is 0. The first-order valence-corrected chi connectivity index (χ1v) is 6.42. The summed E-state index contributed by atoms with van der Waals surface area (Å²) in [5.74, 6) is 1.73. The molecule has 1 N–H and O–H groups in total. The molecule has 1 aromatic heterocycles. The average molecular weight is 299 g/mol. The molecule has 0 saturated carbocycles. The molecule has 1 heterocycles. The zero-order valence-electron chi connectivity index (χ0n) is 11.3. The molecule has 19 heavy (non-hydrogen) atoms. The predicted molar refractivity (Wildman–Crippen MR) is 75.7 cm³/mol. The molecule has 0 aliphatic heterocycles. The Labute approximate surface area is 125 Å². The van der Waals surface area contributed by atoms with E-state index in [9.17, 15) is 0 Å². The highest BCUT2D eigenvalue weighted by Crippen LogP contribution is 2.29. The largest absolute Gasteiger partial charge is 1.00 e. The van der Waals surface area contributed by atoms with Gasteiger partial charge in [-0.1, -0.05) is 23.7 Å². The topological polar surface area (TPSA) is 25.2 Å². The van der Waals surface area contributed by atoms with Crippen LogP contribution in [0.25, 0.3) is 11.3 Å². The van der Waals surface area contributed by atoms with Crippen molar-refractivity contribution in [2.45, 2.75) is 32.9 Å². The summed E-state index contributed by atoms with van der Waals surface area (Å²) in [5, 5.41) is 4.10. The normalized spacial score (nSPS) is 11.2. The van der Waals surface area contributed by atoms with E-state index in [1.54, 1.807) is 0 Å². The van der Waals surface area contributed by atoms with Gasteiger partial charge in [0.1, 0.15) is 11.5 Å². The van der Waals surface area contributed by atoms with Crippen molar-refractivity contribution in [3.05, 3.63) is 47.2 Å². The van der Waals surface area contributed by atoms with Crippen LogP contribution in [0.5, 0.6) is 0 Å². The Morgan fingerprint density at radius 2 is 1.79 bits per heavy atom. The van der Waals surface area contributed by atoms with Gasteiger partial charge in [-0.2, -0.15) is 0 Å². The Kier molecular flexibility index (Phi) is 5.48. The van der Waals surface area contributed by atoms with Crippen molar-refractivity contribution in [2.75, 3.05) is 0 Å². The van der Waals surface area contributed by atoms with Crippen molar-refractivity contribution in [1.82, 2.24) is 5.32 Å². The van der Waals surface area contributed by atoms with E-state index in [0.717, 1.165) is 17.1 Å². The van der Waals surface area contributed by atoms with E-state index in [1.807, 2.05) is 36.4 Å². The number of rotatable bonds is 3. The van der Waals surface area contributed by atoms with Gasteiger partial charge < -0.3 is 22.1 Å². The summed E-state index contributed by atoms with van der Waals surface area (Å²) < 4.78 is 5.80. The summed E-state index contributed by atoms with van der Waals surface area (Å²) in [7, 11) is 0. The fourth-order valence-corrected chi connectivity index (χ4v) is 1.86. The highest BCUT2D eigenvalue weighted by Gasteiger charge is 2.11. The molecule has 0 unspecified atom stereocenters. The Morgan fingerprint density at radius 3 is 2.42 bits per heavy atom. The van der Waals surface area contributed by atoms with Crippen molar-refractivity contribution in [2.24, 2.45) is 0 Å². The van der Waals surface area contributed by atoms with Gasteiger partial charge in [0, 0.05) is 11.1 Å². The van der Waals surface area contributed by atoms with E-state index >= 15 is 0 Å². The third-order valence-electron chi connectivity index (χ3n) is 2.59. The van der Waals surface area contributed by atoms with Crippen LogP contribution >= 0.6 is 11.6 Å². The van der Waals surface area contributed by atoms with Crippen LogP contribution < -0.4 is 17.7 Å². The van der Waals surface area contributed by atoms with Gasteiger partial charge in [-0.3, -0.25) is 0 Å². The molecule has 0 bridgehead atoms. The lowest BCUT2D eigenvalue weighted by atomic mass is 10.1. The first-order chi connectivity index (χ1) is 8.46. The highest BCUT2D eigenvalue weighted by molar-refractivity contribution is 6.33. The second-order valence-corrected chi connectivity index (χ2v) is 5.76. The number of hydrogen-bond donors (Lipinski definition) is 1. The van der Waals surface area contributed by atoms with Crippen molar-refractivity contribution in [3.63, 3.8) is 0 Å². The van der Waals surface area contributed by atoms with E-state index in [2.05, 4.69) is 26.1 Å². The Hall–Kier alpha value is -0.960. The second kappa shape index (κ2) is 6.47. The van der Waals surface area contributed by atoms with Crippen molar-refractivity contribution >= 4 is 11.6 Å². The first-order valence-electron chi connectivity index (χ1n) is 6.04. The molecular formula is C15H18Cl2NO-. The summed E-state index contributed by atoms with van der Waals surface area (Å²) in [4.78, 5) is 0. The quantitative estimate of drug-likeness (QED) is 0.929. The third kappa shape index (κ3) is 4.57. The number of halogens is 2. The third-order valence-corrected chi connectivity index (χ3v) is 2.92. The first kappa shape index (κ1) is 16.1. The van der Waals surface area contributed by atoms with Crippen LogP contribution in [0.4, 0.5) is 0 Å². The zero-order chi connectivity index (χ0) is 13.2. The molecule has 0 radical (unpaired) electrons. The van der Waals surface area contributed by atoms with Gasteiger partial charge in [0.15, 0.2) is 0 Å². The number of furan rings is 1. The molecule has 2 aromatic rings. The van der Waals surface area contributed by atoms with E-state index in [4.69, 9.17) is 16.0 Å². The second-order valence-electron chi connectivity index (χ2n) is 5.35. The molecule has 104 valence electrons. The lowest BCUT2D eigenvalue weighted by molar-refractivity contribution is -0.00000479. The lowest BCUT2D eigenvalue weighted by Gasteiger charge is -2.19.